The monoisotopic (exact) mass is 250 g/mol. The molecule has 96 valence electrons. The molecular formula is C10H14N6O2. The van der Waals surface area contributed by atoms with Crippen molar-refractivity contribution in [1.82, 2.24) is 20.9 Å². The van der Waals surface area contributed by atoms with Crippen LogP contribution in [-0.4, -0.2) is 23.0 Å². The molecule has 1 aliphatic heterocycles. The lowest BCUT2D eigenvalue weighted by Crippen LogP contribution is -2.38. The first-order valence-electron chi connectivity index (χ1n) is 5.32. The molecule has 0 aliphatic carbocycles. The van der Waals surface area contributed by atoms with Gasteiger partial charge in [-0.05, 0) is 6.08 Å². The zero-order valence-corrected chi connectivity index (χ0v) is 9.59. The van der Waals surface area contributed by atoms with Crippen LogP contribution in [0.5, 0.6) is 5.88 Å². The van der Waals surface area contributed by atoms with Gasteiger partial charge in [-0.1, -0.05) is 11.8 Å². The van der Waals surface area contributed by atoms with Crippen molar-refractivity contribution in [3.05, 3.63) is 37.0 Å². The third-order valence-electron chi connectivity index (χ3n) is 2.35. The van der Waals surface area contributed by atoms with E-state index in [9.17, 15) is 0 Å². The van der Waals surface area contributed by atoms with Crippen molar-refractivity contribution in [3.8, 4) is 5.88 Å². The maximum atomic E-state index is 6.65. The second-order valence-electron chi connectivity index (χ2n) is 3.62. The van der Waals surface area contributed by atoms with E-state index in [4.69, 9.17) is 15.0 Å². The van der Waals surface area contributed by atoms with Crippen LogP contribution in [0.3, 0.4) is 0 Å². The van der Waals surface area contributed by atoms with Gasteiger partial charge in [0.25, 0.3) is 0 Å². The molecule has 0 fully saturated rings. The molecule has 0 amide bonds. The molecule has 4 N–H and O–H groups in total. The number of aromatic nitrogens is 2. The maximum Gasteiger partial charge on any atom is 0.232 e. The highest BCUT2D eigenvalue weighted by Gasteiger charge is 2.25. The van der Waals surface area contributed by atoms with Crippen LogP contribution in [0.4, 0.5) is 0 Å². The molecule has 0 spiro atoms. The van der Waals surface area contributed by atoms with Crippen LogP contribution in [0.15, 0.2) is 42.2 Å². The summed E-state index contributed by atoms with van der Waals surface area (Å²) in [5.74, 6) is 0.946. The van der Waals surface area contributed by atoms with Crippen LogP contribution in [-0.2, 0) is 4.74 Å². The SMILES string of the molecule is C=C(NN=N)NC1OC=CC1COc1cc[nH]n1. The summed E-state index contributed by atoms with van der Waals surface area (Å²) in [5, 5.41) is 12.5. The van der Waals surface area contributed by atoms with Gasteiger partial charge in [0.05, 0.1) is 12.2 Å². The first kappa shape index (κ1) is 12.0. The zero-order valence-electron chi connectivity index (χ0n) is 9.59. The van der Waals surface area contributed by atoms with E-state index in [1.54, 1.807) is 18.5 Å². The van der Waals surface area contributed by atoms with Crippen molar-refractivity contribution in [2.24, 2.45) is 11.1 Å². The molecule has 8 nitrogen and oxygen atoms in total. The van der Waals surface area contributed by atoms with Gasteiger partial charge in [-0.3, -0.25) is 5.10 Å². The summed E-state index contributed by atoms with van der Waals surface area (Å²) in [6.45, 7) is 4.07. The van der Waals surface area contributed by atoms with E-state index in [1.807, 2.05) is 6.08 Å². The molecule has 0 aromatic carbocycles. The summed E-state index contributed by atoms with van der Waals surface area (Å²) in [6.07, 6.45) is 4.87. The Morgan fingerprint density at radius 2 is 2.61 bits per heavy atom. The molecule has 1 aliphatic rings. The number of hydrogen-bond acceptors (Lipinski definition) is 6. The lowest BCUT2D eigenvalue weighted by molar-refractivity contribution is 0.0853. The molecule has 0 bridgehead atoms. The molecule has 2 atom stereocenters. The van der Waals surface area contributed by atoms with Crippen molar-refractivity contribution in [2.75, 3.05) is 6.61 Å². The Kier molecular flexibility index (Phi) is 3.79. The van der Waals surface area contributed by atoms with Crippen LogP contribution in [0.1, 0.15) is 0 Å². The molecular weight excluding hydrogens is 236 g/mol. The third-order valence-corrected chi connectivity index (χ3v) is 2.35. The Morgan fingerprint density at radius 1 is 1.72 bits per heavy atom. The van der Waals surface area contributed by atoms with E-state index in [-0.39, 0.29) is 12.1 Å². The average Bonchev–Trinajstić information content (AvgIpc) is 2.97. The van der Waals surface area contributed by atoms with Crippen molar-refractivity contribution in [1.29, 1.82) is 5.53 Å². The van der Waals surface area contributed by atoms with Crippen LogP contribution >= 0.6 is 0 Å². The smallest absolute Gasteiger partial charge is 0.232 e. The highest BCUT2D eigenvalue weighted by atomic mass is 16.5. The normalized spacial score (nSPS) is 21.1. The highest BCUT2D eigenvalue weighted by molar-refractivity contribution is 5.06. The molecule has 1 aromatic heterocycles. The first-order chi connectivity index (χ1) is 8.79. The first-order valence-corrected chi connectivity index (χ1v) is 5.32. The van der Waals surface area contributed by atoms with E-state index in [0.29, 0.717) is 18.3 Å². The highest BCUT2D eigenvalue weighted by Crippen LogP contribution is 2.17. The van der Waals surface area contributed by atoms with Crippen LogP contribution in [0.2, 0.25) is 0 Å². The minimum Gasteiger partial charge on any atom is -0.478 e. The second kappa shape index (κ2) is 5.71. The molecule has 18 heavy (non-hydrogen) atoms. The van der Waals surface area contributed by atoms with Gasteiger partial charge in [0.1, 0.15) is 12.4 Å². The Hall–Kier alpha value is -2.51. The number of H-pyrrole nitrogens is 1. The Bertz CT molecular complexity index is 430. The Balaban J connectivity index is 1.81. The molecule has 2 heterocycles. The largest absolute Gasteiger partial charge is 0.478 e. The summed E-state index contributed by atoms with van der Waals surface area (Å²) in [6, 6.07) is 1.74. The Labute approximate surface area is 104 Å². The fourth-order valence-corrected chi connectivity index (χ4v) is 1.50. The third kappa shape index (κ3) is 3.00. The second-order valence-corrected chi connectivity index (χ2v) is 3.62. The fourth-order valence-electron chi connectivity index (χ4n) is 1.50. The van der Waals surface area contributed by atoms with Crippen LogP contribution < -0.4 is 15.5 Å². The van der Waals surface area contributed by atoms with Crippen molar-refractivity contribution >= 4 is 0 Å². The zero-order chi connectivity index (χ0) is 12.8. The van der Waals surface area contributed by atoms with E-state index >= 15 is 0 Å². The molecule has 0 radical (unpaired) electrons. The quantitative estimate of drug-likeness (QED) is 0.424. The van der Waals surface area contributed by atoms with Crippen LogP contribution in [0.25, 0.3) is 0 Å². The van der Waals surface area contributed by atoms with Gasteiger partial charge in [-0.15, -0.1) is 5.10 Å². The van der Waals surface area contributed by atoms with Gasteiger partial charge in [0, 0.05) is 12.3 Å². The molecule has 0 saturated carbocycles. The topological polar surface area (TPSA) is 107 Å². The van der Waals surface area contributed by atoms with Crippen LogP contribution in [0, 0.1) is 11.4 Å². The Morgan fingerprint density at radius 3 is 3.33 bits per heavy atom. The average molecular weight is 250 g/mol. The minimum absolute atomic E-state index is 0.0194. The lowest BCUT2D eigenvalue weighted by atomic mass is 10.1. The number of rotatable bonds is 7. The van der Waals surface area contributed by atoms with Gasteiger partial charge in [-0.2, -0.15) is 5.53 Å². The standard InChI is InChI=1S/C10H14N6O2/c1-7(14-16-11)13-10-8(3-5-17-10)6-18-9-2-4-12-15-9/h2-5,8,10,13H,1,6H2,(H2,11,14)(H,12,15). The minimum atomic E-state index is -0.300. The summed E-state index contributed by atoms with van der Waals surface area (Å²) in [7, 11) is 0. The molecule has 2 unspecified atom stereocenters. The van der Waals surface area contributed by atoms with Gasteiger partial charge in [-0.25, -0.2) is 5.43 Å². The van der Waals surface area contributed by atoms with Crippen molar-refractivity contribution < 1.29 is 9.47 Å². The number of hydrogen-bond donors (Lipinski definition) is 4. The van der Waals surface area contributed by atoms with Gasteiger partial charge >= 0.3 is 0 Å². The predicted octanol–water partition coefficient (Wildman–Crippen LogP) is 0.871. The summed E-state index contributed by atoms with van der Waals surface area (Å²) in [5.41, 5.74) is 9.04. The van der Waals surface area contributed by atoms with E-state index in [1.165, 1.54) is 0 Å². The summed E-state index contributed by atoms with van der Waals surface area (Å²) < 4.78 is 10.8. The number of nitrogens with one attached hydrogen (secondary N) is 4. The van der Waals surface area contributed by atoms with E-state index in [0.717, 1.165) is 0 Å². The summed E-state index contributed by atoms with van der Waals surface area (Å²) in [4.78, 5) is 0. The fraction of sp³-hybridized carbons (Fsp3) is 0.300. The predicted molar refractivity (Wildman–Crippen MR) is 62.1 cm³/mol. The molecule has 1 aromatic rings. The molecule has 2 rings (SSSR count). The molecule has 8 heteroatoms. The number of nitrogens with zero attached hydrogens (tertiary/aromatic N) is 2. The van der Waals surface area contributed by atoms with Gasteiger partial charge in [0.15, 0.2) is 6.23 Å². The maximum absolute atomic E-state index is 6.65. The van der Waals surface area contributed by atoms with Crippen molar-refractivity contribution in [2.45, 2.75) is 6.23 Å². The van der Waals surface area contributed by atoms with Gasteiger partial charge < -0.3 is 14.8 Å². The summed E-state index contributed by atoms with van der Waals surface area (Å²) >= 11 is 0. The van der Waals surface area contributed by atoms with Gasteiger partial charge in [0.2, 0.25) is 5.88 Å². The number of aromatic amines is 1. The van der Waals surface area contributed by atoms with Crippen molar-refractivity contribution in [3.63, 3.8) is 0 Å². The number of ether oxygens (including phenoxy) is 2. The lowest BCUT2D eigenvalue weighted by Gasteiger charge is -2.21. The molecule has 0 saturated heterocycles. The van der Waals surface area contributed by atoms with E-state index in [2.05, 4.69) is 32.7 Å². The van der Waals surface area contributed by atoms with E-state index < -0.39 is 0 Å².